The molecule has 1 aromatic carbocycles. The quantitative estimate of drug-likeness (QED) is 0.685. The van der Waals surface area contributed by atoms with E-state index >= 15 is 0 Å². The van der Waals surface area contributed by atoms with Gasteiger partial charge in [-0.1, -0.05) is 6.92 Å². The summed E-state index contributed by atoms with van der Waals surface area (Å²) in [4.78, 5) is 0. The number of anilines is 1. The Labute approximate surface area is 117 Å². The van der Waals surface area contributed by atoms with Gasteiger partial charge in [0, 0.05) is 5.69 Å². The summed E-state index contributed by atoms with van der Waals surface area (Å²) in [6, 6.07) is 5.31. The molecule has 5 nitrogen and oxygen atoms in total. The second-order valence-corrected chi connectivity index (χ2v) is 5.87. The molecule has 0 bridgehead atoms. The van der Waals surface area contributed by atoms with Crippen molar-refractivity contribution in [1.29, 1.82) is 0 Å². The van der Waals surface area contributed by atoms with E-state index in [1.165, 1.54) is 24.3 Å². The summed E-state index contributed by atoms with van der Waals surface area (Å²) < 4.78 is 53.9. The van der Waals surface area contributed by atoms with Gasteiger partial charge in [0.2, 0.25) is 10.0 Å². The van der Waals surface area contributed by atoms with Gasteiger partial charge in [-0.25, -0.2) is 8.42 Å². The van der Waals surface area contributed by atoms with Gasteiger partial charge in [0.05, 0.1) is 5.75 Å². The Hall–Kier alpha value is -1.41. The van der Waals surface area contributed by atoms with E-state index < -0.39 is 16.6 Å². The first-order chi connectivity index (χ1) is 9.43. The van der Waals surface area contributed by atoms with E-state index in [0.717, 1.165) is 6.54 Å². The zero-order valence-electron chi connectivity index (χ0n) is 11.1. The number of ether oxygens (including phenoxy) is 1. The van der Waals surface area contributed by atoms with Crippen LogP contribution in [0.15, 0.2) is 24.3 Å². The van der Waals surface area contributed by atoms with Crippen LogP contribution in [-0.4, -0.2) is 33.9 Å². The van der Waals surface area contributed by atoms with Gasteiger partial charge in [-0.2, -0.15) is 8.78 Å². The van der Waals surface area contributed by atoms with E-state index in [2.05, 4.69) is 14.8 Å². The lowest BCUT2D eigenvalue weighted by Crippen LogP contribution is -2.21. The molecule has 0 spiro atoms. The molecule has 114 valence electrons. The SMILES string of the molecule is CCNCCCS(=O)(=O)Nc1ccc(OC(F)F)cc1. The smallest absolute Gasteiger partial charge is 0.387 e. The Morgan fingerprint density at radius 1 is 1.25 bits per heavy atom. The number of alkyl halides is 2. The van der Waals surface area contributed by atoms with Crippen LogP contribution in [0.25, 0.3) is 0 Å². The summed E-state index contributed by atoms with van der Waals surface area (Å²) in [7, 11) is -3.43. The predicted octanol–water partition coefficient (Wildman–Crippen LogP) is 2.03. The summed E-state index contributed by atoms with van der Waals surface area (Å²) in [5.74, 6) is -0.0231. The standard InChI is InChI=1S/C12H18F2N2O3S/c1-2-15-8-3-9-20(17,18)16-10-4-6-11(7-5-10)19-12(13)14/h4-7,12,15-16H,2-3,8-9H2,1H3. The van der Waals surface area contributed by atoms with Crippen molar-refractivity contribution >= 4 is 15.7 Å². The van der Waals surface area contributed by atoms with Crippen LogP contribution in [0.2, 0.25) is 0 Å². The van der Waals surface area contributed by atoms with E-state index in [-0.39, 0.29) is 11.5 Å². The van der Waals surface area contributed by atoms with Crippen molar-refractivity contribution in [3.8, 4) is 5.75 Å². The highest BCUT2D eigenvalue weighted by molar-refractivity contribution is 7.92. The maximum Gasteiger partial charge on any atom is 0.387 e. The Balaban J connectivity index is 2.50. The molecule has 20 heavy (non-hydrogen) atoms. The maximum absolute atomic E-state index is 12.0. The van der Waals surface area contributed by atoms with E-state index in [1.807, 2.05) is 6.92 Å². The van der Waals surface area contributed by atoms with E-state index in [9.17, 15) is 17.2 Å². The molecule has 0 fully saturated rings. The van der Waals surface area contributed by atoms with Crippen molar-refractivity contribution in [2.75, 3.05) is 23.6 Å². The average molecular weight is 308 g/mol. The Morgan fingerprint density at radius 2 is 1.90 bits per heavy atom. The first-order valence-electron chi connectivity index (χ1n) is 6.19. The van der Waals surface area contributed by atoms with E-state index in [4.69, 9.17) is 0 Å². The van der Waals surface area contributed by atoms with Gasteiger partial charge in [0.1, 0.15) is 5.75 Å². The van der Waals surface area contributed by atoms with Gasteiger partial charge < -0.3 is 10.1 Å². The Morgan fingerprint density at radius 3 is 2.45 bits per heavy atom. The number of hydrogen-bond acceptors (Lipinski definition) is 4. The van der Waals surface area contributed by atoms with Crippen LogP contribution in [0.4, 0.5) is 14.5 Å². The molecule has 2 N–H and O–H groups in total. The van der Waals surface area contributed by atoms with Crippen LogP contribution in [0.1, 0.15) is 13.3 Å². The fraction of sp³-hybridized carbons (Fsp3) is 0.500. The van der Waals surface area contributed by atoms with Gasteiger partial charge >= 0.3 is 6.61 Å². The van der Waals surface area contributed by atoms with Crippen LogP contribution in [0.5, 0.6) is 5.75 Å². The highest BCUT2D eigenvalue weighted by atomic mass is 32.2. The molecule has 0 aliphatic rings. The molecule has 1 aromatic rings. The molecule has 0 aliphatic heterocycles. The molecule has 0 saturated carbocycles. The summed E-state index contributed by atoms with van der Waals surface area (Å²) in [5, 5.41) is 3.03. The summed E-state index contributed by atoms with van der Waals surface area (Å²) in [6.45, 7) is 0.455. The number of nitrogens with one attached hydrogen (secondary N) is 2. The molecule has 0 aromatic heterocycles. The largest absolute Gasteiger partial charge is 0.435 e. The van der Waals surface area contributed by atoms with Crippen LogP contribution in [-0.2, 0) is 10.0 Å². The topological polar surface area (TPSA) is 67.4 Å². The normalized spacial score (nSPS) is 11.6. The lowest BCUT2D eigenvalue weighted by molar-refractivity contribution is -0.0498. The minimum absolute atomic E-state index is 0.00468. The third kappa shape index (κ3) is 6.67. The molecule has 0 unspecified atom stereocenters. The van der Waals surface area contributed by atoms with Crippen molar-refractivity contribution in [2.45, 2.75) is 20.0 Å². The fourth-order valence-corrected chi connectivity index (χ4v) is 2.62. The first kappa shape index (κ1) is 16.6. The van der Waals surface area contributed by atoms with Crippen molar-refractivity contribution in [2.24, 2.45) is 0 Å². The van der Waals surface area contributed by atoms with Crippen LogP contribution in [0.3, 0.4) is 0 Å². The van der Waals surface area contributed by atoms with Crippen LogP contribution in [0, 0.1) is 0 Å². The molecule has 0 amide bonds. The summed E-state index contributed by atoms with van der Waals surface area (Å²) >= 11 is 0. The average Bonchev–Trinajstić information content (AvgIpc) is 2.36. The van der Waals surface area contributed by atoms with Gasteiger partial charge in [0.15, 0.2) is 0 Å². The number of halogens is 2. The van der Waals surface area contributed by atoms with Crippen LogP contribution < -0.4 is 14.8 Å². The molecule has 0 heterocycles. The van der Waals surface area contributed by atoms with Gasteiger partial charge in [-0.05, 0) is 43.8 Å². The van der Waals surface area contributed by atoms with Crippen molar-refractivity contribution in [1.82, 2.24) is 5.32 Å². The predicted molar refractivity (Wildman–Crippen MR) is 73.6 cm³/mol. The van der Waals surface area contributed by atoms with Gasteiger partial charge in [-0.15, -0.1) is 0 Å². The zero-order valence-corrected chi connectivity index (χ0v) is 11.9. The Bertz CT molecular complexity index is 492. The Kier molecular flexibility index (Phi) is 6.66. The molecule has 0 saturated heterocycles. The second-order valence-electron chi connectivity index (χ2n) is 4.03. The third-order valence-electron chi connectivity index (χ3n) is 2.37. The van der Waals surface area contributed by atoms with E-state index in [1.54, 1.807) is 0 Å². The second kappa shape index (κ2) is 8.01. The number of hydrogen-bond donors (Lipinski definition) is 2. The van der Waals surface area contributed by atoms with Crippen molar-refractivity contribution in [3.63, 3.8) is 0 Å². The van der Waals surface area contributed by atoms with Crippen molar-refractivity contribution < 1.29 is 21.9 Å². The summed E-state index contributed by atoms with van der Waals surface area (Å²) in [5.41, 5.74) is 0.315. The van der Waals surface area contributed by atoms with Crippen molar-refractivity contribution in [3.05, 3.63) is 24.3 Å². The zero-order chi connectivity index (χ0) is 15.0. The highest BCUT2D eigenvalue weighted by Gasteiger charge is 2.10. The van der Waals surface area contributed by atoms with Gasteiger partial charge in [-0.3, -0.25) is 4.72 Å². The van der Waals surface area contributed by atoms with Crippen LogP contribution >= 0.6 is 0 Å². The third-order valence-corrected chi connectivity index (χ3v) is 3.74. The molecule has 0 atom stereocenters. The number of benzene rings is 1. The first-order valence-corrected chi connectivity index (χ1v) is 7.84. The molecular formula is C12H18F2N2O3S. The fourth-order valence-electron chi connectivity index (χ4n) is 1.50. The minimum Gasteiger partial charge on any atom is -0.435 e. The molecule has 1 rings (SSSR count). The molecule has 8 heteroatoms. The lowest BCUT2D eigenvalue weighted by atomic mass is 10.3. The molecular weight excluding hydrogens is 290 g/mol. The minimum atomic E-state index is -3.43. The van der Waals surface area contributed by atoms with E-state index in [0.29, 0.717) is 18.7 Å². The summed E-state index contributed by atoms with van der Waals surface area (Å²) in [6.07, 6.45) is 0.496. The maximum atomic E-state index is 12.0. The lowest BCUT2D eigenvalue weighted by Gasteiger charge is -2.09. The monoisotopic (exact) mass is 308 g/mol. The number of rotatable bonds is 9. The molecule has 0 aliphatic carbocycles. The van der Waals surface area contributed by atoms with Gasteiger partial charge in [0.25, 0.3) is 0 Å². The number of sulfonamides is 1. The molecule has 0 radical (unpaired) electrons. The highest BCUT2D eigenvalue weighted by Crippen LogP contribution is 2.18.